The first-order valence-corrected chi connectivity index (χ1v) is 5.39. The summed E-state index contributed by atoms with van der Waals surface area (Å²) < 4.78 is 0. The fraction of sp³-hybridized carbons (Fsp3) is 0. The zero-order valence-electron chi connectivity index (χ0n) is 8.85. The second kappa shape index (κ2) is 5.02. The van der Waals surface area contributed by atoms with Crippen LogP contribution in [0, 0.1) is 6.42 Å². The highest BCUT2D eigenvalue weighted by molar-refractivity contribution is 6.30. The molecule has 2 aromatic rings. The first-order chi connectivity index (χ1) is 8.15. The SMILES string of the molecule is O=C(O)[C]c1ccc(-c2ccc(Cl)cc2)cc1. The minimum absolute atomic E-state index is 0.551. The van der Waals surface area contributed by atoms with Crippen molar-refractivity contribution in [1.82, 2.24) is 0 Å². The Morgan fingerprint density at radius 2 is 1.41 bits per heavy atom. The largest absolute Gasteiger partial charge is 0.481 e. The summed E-state index contributed by atoms with van der Waals surface area (Å²) in [6.07, 6.45) is 2.29. The molecule has 84 valence electrons. The maximum atomic E-state index is 10.4. The molecule has 2 radical (unpaired) electrons. The summed E-state index contributed by atoms with van der Waals surface area (Å²) in [6.45, 7) is 0. The van der Waals surface area contributed by atoms with Gasteiger partial charge < -0.3 is 5.11 Å². The highest BCUT2D eigenvalue weighted by Gasteiger charge is 2.03. The van der Waals surface area contributed by atoms with E-state index in [4.69, 9.17) is 16.7 Å². The van der Waals surface area contributed by atoms with Gasteiger partial charge in [0, 0.05) is 5.02 Å². The number of carbonyl (C=O) groups is 1. The monoisotopic (exact) mass is 244 g/mol. The zero-order valence-corrected chi connectivity index (χ0v) is 9.61. The molecule has 2 rings (SSSR count). The van der Waals surface area contributed by atoms with Gasteiger partial charge in [-0.05, 0) is 28.8 Å². The fourth-order valence-corrected chi connectivity index (χ4v) is 1.64. The van der Waals surface area contributed by atoms with E-state index in [1.807, 2.05) is 36.4 Å². The Hall–Kier alpha value is -1.80. The molecule has 0 saturated heterocycles. The molecule has 3 heteroatoms. The topological polar surface area (TPSA) is 37.3 Å². The van der Waals surface area contributed by atoms with E-state index in [9.17, 15) is 4.79 Å². The van der Waals surface area contributed by atoms with Gasteiger partial charge in [-0.15, -0.1) is 0 Å². The van der Waals surface area contributed by atoms with Gasteiger partial charge in [0.05, 0.1) is 0 Å². The lowest BCUT2D eigenvalue weighted by atomic mass is 10.0. The maximum Gasteiger partial charge on any atom is 0.317 e. The third-order valence-corrected chi connectivity index (χ3v) is 2.57. The molecule has 0 aromatic heterocycles. The number of carboxylic acids is 1. The molecule has 0 saturated carbocycles. The smallest absolute Gasteiger partial charge is 0.317 e. The Balaban J connectivity index is 2.23. The molecule has 17 heavy (non-hydrogen) atoms. The van der Waals surface area contributed by atoms with Crippen molar-refractivity contribution >= 4 is 17.6 Å². The minimum atomic E-state index is -1.07. The average Bonchev–Trinajstić information content (AvgIpc) is 2.30. The molecule has 2 aromatic carbocycles. The summed E-state index contributed by atoms with van der Waals surface area (Å²) in [4.78, 5) is 10.4. The summed E-state index contributed by atoms with van der Waals surface area (Å²) in [7, 11) is 0. The highest BCUT2D eigenvalue weighted by atomic mass is 35.5. The van der Waals surface area contributed by atoms with Crippen molar-refractivity contribution in [2.24, 2.45) is 0 Å². The Bertz CT molecular complexity index is 515. The molecule has 0 bridgehead atoms. The van der Waals surface area contributed by atoms with E-state index in [1.165, 1.54) is 0 Å². The number of rotatable bonds is 3. The number of benzene rings is 2. The highest BCUT2D eigenvalue weighted by Crippen LogP contribution is 2.22. The van der Waals surface area contributed by atoms with Crippen molar-refractivity contribution in [2.45, 2.75) is 0 Å². The Morgan fingerprint density at radius 3 is 1.88 bits per heavy atom. The summed E-state index contributed by atoms with van der Waals surface area (Å²) in [5.41, 5.74) is 2.60. The maximum absolute atomic E-state index is 10.4. The minimum Gasteiger partial charge on any atom is -0.481 e. The number of aliphatic carboxylic acids is 1. The van der Waals surface area contributed by atoms with Gasteiger partial charge in [-0.3, -0.25) is 4.79 Å². The lowest BCUT2D eigenvalue weighted by Crippen LogP contribution is -1.96. The Labute approximate surface area is 104 Å². The van der Waals surface area contributed by atoms with E-state index in [0.717, 1.165) is 11.1 Å². The van der Waals surface area contributed by atoms with Crippen LogP contribution in [0.4, 0.5) is 0 Å². The number of hydrogen-bond donors (Lipinski definition) is 1. The quantitative estimate of drug-likeness (QED) is 0.897. The average molecular weight is 245 g/mol. The van der Waals surface area contributed by atoms with Crippen LogP contribution >= 0.6 is 11.6 Å². The van der Waals surface area contributed by atoms with Crippen molar-refractivity contribution in [1.29, 1.82) is 0 Å². The lowest BCUT2D eigenvalue weighted by molar-refractivity contribution is -0.132. The van der Waals surface area contributed by atoms with Gasteiger partial charge in [-0.2, -0.15) is 0 Å². The predicted molar refractivity (Wildman–Crippen MR) is 66.9 cm³/mol. The van der Waals surface area contributed by atoms with E-state index >= 15 is 0 Å². The van der Waals surface area contributed by atoms with Crippen LogP contribution in [-0.4, -0.2) is 11.1 Å². The lowest BCUT2D eigenvalue weighted by Gasteiger charge is -2.02. The molecule has 0 unspecified atom stereocenters. The van der Waals surface area contributed by atoms with Crippen molar-refractivity contribution in [2.75, 3.05) is 0 Å². The summed E-state index contributed by atoms with van der Waals surface area (Å²) >= 11 is 5.81. The van der Waals surface area contributed by atoms with Crippen molar-refractivity contribution < 1.29 is 9.90 Å². The van der Waals surface area contributed by atoms with Crippen LogP contribution in [-0.2, 0) is 4.79 Å². The van der Waals surface area contributed by atoms with Crippen LogP contribution in [0.5, 0.6) is 0 Å². The van der Waals surface area contributed by atoms with Gasteiger partial charge in [0.15, 0.2) is 0 Å². The molecule has 0 atom stereocenters. The van der Waals surface area contributed by atoms with E-state index < -0.39 is 5.97 Å². The van der Waals surface area contributed by atoms with E-state index in [0.29, 0.717) is 10.6 Å². The molecule has 0 aliphatic carbocycles. The third-order valence-electron chi connectivity index (χ3n) is 2.31. The number of halogens is 1. The normalized spacial score (nSPS) is 10.2. The van der Waals surface area contributed by atoms with Crippen LogP contribution in [0.15, 0.2) is 48.5 Å². The van der Waals surface area contributed by atoms with Crippen LogP contribution in [0.3, 0.4) is 0 Å². The van der Waals surface area contributed by atoms with Gasteiger partial charge in [0.1, 0.15) is 6.42 Å². The first kappa shape index (κ1) is 11.7. The summed E-state index contributed by atoms with van der Waals surface area (Å²) in [5.74, 6) is -1.07. The first-order valence-electron chi connectivity index (χ1n) is 5.01. The van der Waals surface area contributed by atoms with Crippen LogP contribution in [0.25, 0.3) is 11.1 Å². The van der Waals surface area contributed by atoms with Crippen molar-refractivity contribution in [3.63, 3.8) is 0 Å². The fourth-order valence-electron chi connectivity index (χ4n) is 1.51. The van der Waals surface area contributed by atoms with E-state index in [1.54, 1.807) is 12.1 Å². The third kappa shape index (κ3) is 3.08. The molecule has 2 nitrogen and oxygen atoms in total. The predicted octanol–water partition coefficient (Wildman–Crippen LogP) is 3.52. The number of carboxylic acid groups (broad SMARTS) is 1. The van der Waals surface area contributed by atoms with Crippen LogP contribution in [0.1, 0.15) is 5.56 Å². The standard InChI is InChI=1S/C14H9ClO2/c15-13-7-5-12(6-8-13)11-3-1-10(2-4-11)9-14(16)17/h1-8H,(H,16,17). The molecular formula is C14H9ClO2. The van der Waals surface area contributed by atoms with Gasteiger partial charge in [0.25, 0.3) is 0 Å². The molecule has 0 aliphatic rings. The second-order valence-corrected chi connectivity index (χ2v) is 3.95. The van der Waals surface area contributed by atoms with Gasteiger partial charge >= 0.3 is 5.97 Å². The van der Waals surface area contributed by atoms with E-state index in [2.05, 4.69) is 6.42 Å². The zero-order chi connectivity index (χ0) is 12.3. The Kier molecular flexibility index (Phi) is 3.45. The Morgan fingerprint density at radius 1 is 0.941 bits per heavy atom. The van der Waals surface area contributed by atoms with Gasteiger partial charge in [-0.1, -0.05) is 48.0 Å². The molecule has 0 aliphatic heterocycles. The van der Waals surface area contributed by atoms with Crippen LogP contribution in [0.2, 0.25) is 5.02 Å². The molecule has 1 N–H and O–H groups in total. The molecule has 0 heterocycles. The second-order valence-electron chi connectivity index (χ2n) is 3.51. The van der Waals surface area contributed by atoms with Crippen LogP contribution < -0.4 is 0 Å². The van der Waals surface area contributed by atoms with Gasteiger partial charge in [0.2, 0.25) is 0 Å². The van der Waals surface area contributed by atoms with Crippen molar-refractivity contribution in [3.8, 4) is 11.1 Å². The summed E-state index contributed by atoms with van der Waals surface area (Å²) in [5, 5.41) is 9.25. The van der Waals surface area contributed by atoms with E-state index in [-0.39, 0.29) is 0 Å². The molecule has 0 spiro atoms. The molecule has 0 amide bonds. The summed E-state index contributed by atoms with van der Waals surface area (Å²) in [6, 6.07) is 14.6. The molecular weight excluding hydrogens is 236 g/mol. The van der Waals surface area contributed by atoms with Crippen molar-refractivity contribution in [3.05, 3.63) is 65.5 Å². The van der Waals surface area contributed by atoms with Gasteiger partial charge in [-0.25, -0.2) is 0 Å². The number of hydrogen-bond acceptors (Lipinski definition) is 1. The molecule has 0 fully saturated rings.